The van der Waals surface area contributed by atoms with Gasteiger partial charge in [-0.3, -0.25) is 0 Å². The molecular formula is C15H20F3NO. The van der Waals surface area contributed by atoms with Crippen molar-refractivity contribution in [3.05, 3.63) is 35.1 Å². The van der Waals surface area contributed by atoms with Crippen LogP contribution in [0, 0.1) is 23.4 Å². The summed E-state index contributed by atoms with van der Waals surface area (Å²) in [5, 5.41) is 12.4. The van der Waals surface area contributed by atoms with Gasteiger partial charge in [0, 0.05) is 18.7 Å². The van der Waals surface area contributed by atoms with E-state index in [0.29, 0.717) is 11.5 Å². The number of benzene rings is 1. The van der Waals surface area contributed by atoms with Crippen LogP contribution < -0.4 is 5.32 Å². The predicted octanol–water partition coefficient (Wildman–Crippen LogP) is 3.31. The van der Waals surface area contributed by atoms with Gasteiger partial charge in [0.25, 0.3) is 0 Å². The molecule has 1 aromatic carbocycles. The van der Waals surface area contributed by atoms with E-state index in [1.807, 2.05) is 6.92 Å². The summed E-state index contributed by atoms with van der Waals surface area (Å²) < 4.78 is 39.3. The molecule has 112 valence electrons. The molecule has 1 atom stereocenters. The molecular weight excluding hydrogens is 267 g/mol. The molecule has 1 aliphatic carbocycles. The van der Waals surface area contributed by atoms with E-state index in [0.717, 1.165) is 37.8 Å². The summed E-state index contributed by atoms with van der Waals surface area (Å²) >= 11 is 0. The van der Waals surface area contributed by atoms with Crippen LogP contribution in [-0.4, -0.2) is 17.8 Å². The van der Waals surface area contributed by atoms with Crippen LogP contribution in [-0.2, 0) is 0 Å². The highest BCUT2D eigenvalue weighted by molar-refractivity contribution is 5.22. The lowest BCUT2D eigenvalue weighted by molar-refractivity contribution is 0.172. The summed E-state index contributed by atoms with van der Waals surface area (Å²) in [6, 6.07) is 2.10. The first-order valence-electron chi connectivity index (χ1n) is 7.02. The Labute approximate surface area is 117 Å². The van der Waals surface area contributed by atoms with Crippen LogP contribution in [0.4, 0.5) is 13.2 Å². The van der Waals surface area contributed by atoms with Crippen molar-refractivity contribution in [3.63, 3.8) is 0 Å². The molecule has 0 bridgehead atoms. The molecule has 20 heavy (non-hydrogen) atoms. The second-order valence-electron chi connectivity index (χ2n) is 5.59. The molecule has 0 heterocycles. The summed E-state index contributed by atoms with van der Waals surface area (Å²) in [6.45, 7) is 2.03. The summed E-state index contributed by atoms with van der Waals surface area (Å²) in [6.07, 6.45) is 3.77. The van der Waals surface area contributed by atoms with Gasteiger partial charge in [0.1, 0.15) is 0 Å². The summed E-state index contributed by atoms with van der Waals surface area (Å²) in [4.78, 5) is 0. The number of hydrogen-bond acceptors (Lipinski definition) is 2. The minimum Gasteiger partial charge on any atom is -0.396 e. The third-order valence-corrected chi connectivity index (χ3v) is 4.10. The average molecular weight is 287 g/mol. The van der Waals surface area contributed by atoms with Gasteiger partial charge in [-0.15, -0.1) is 0 Å². The number of aliphatic hydroxyl groups is 1. The second kappa shape index (κ2) is 6.59. The van der Waals surface area contributed by atoms with Crippen molar-refractivity contribution in [2.24, 2.45) is 5.92 Å². The number of halogens is 3. The standard InChI is InChI=1S/C15H20F3NO/c1-9(11-6-13(16)15(18)14(17)7-11)19-12-4-2-10(8-20)3-5-12/h6-7,9-10,12,19-20H,2-5,8H2,1H3. The molecule has 0 aliphatic heterocycles. The number of rotatable bonds is 4. The molecule has 0 spiro atoms. The molecule has 2 nitrogen and oxygen atoms in total. The topological polar surface area (TPSA) is 32.3 Å². The molecule has 5 heteroatoms. The van der Waals surface area contributed by atoms with Crippen molar-refractivity contribution in [1.82, 2.24) is 5.32 Å². The Kier molecular flexibility index (Phi) is 5.05. The van der Waals surface area contributed by atoms with E-state index in [4.69, 9.17) is 5.11 Å². The van der Waals surface area contributed by atoms with Crippen LogP contribution in [0.1, 0.15) is 44.2 Å². The van der Waals surface area contributed by atoms with Crippen LogP contribution >= 0.6 is 0 Å². The Morgan fingerprint density at radius 1 is 1.15 bits per heavy atom. The van der Waals surface area contributed by atoms with Gasteiger partial charge in [-0.25, -0.2) is 13.2 Å². The first-order valence-corrected chi connectivity index (χ1v) is 7.02. The number of nitrogens with one attached hydrogen (secondary N) is 1. The Hall–Kier alpha value is -1.07. The van der Waals surface area contributed by atoms with Gasteiger partial charge in [-0.05, 0) is 56.2 Å². The van der Waals surface area contributed by atoms with E-state index >= 15 is 0 Å². The van der Waals surface area contributed by atoms with Crippen LogP contribution in [0.15, 0.2) is 12.1 Å². The molecule has 1 aliphatic rings. The van der Waals surface area contributed by atoms with Gasteiger partial charge >= 0.3 is 0 Å². The normalized spacial score (nSPS) is 24.6. The minimum absolute atomic E-state index is 0.219. The van der Waals surface area contributed by atoms with Crippen LogP contribution in [0.2, 0.25) is 0 Å². The monoisotopic (exact) mass is 287 g/mol. The molecule has 1 unspecified atom stereocenters. The number of aliphatic hydroxyl groups excluding tert-OH is 1. The van der Waals surface area contributed by atoms with Gasteiger partial charge in [0.15, 0.2) is 17.5 Å². The SMILES string of the molecule is CC(NC1CCC(CO)CC1)c1cc(F)c(F)c(F)c1. The molecule has 2 rings (SSSR count). The van der Waals surface area contributed by atoms with E-state index < -0.39 is 17.5 Å². The lowest BCUT2D eigenvalue weighted by atomic mass is 9.86. The van der Waals surface area contributed by atoms with Crippen molar-refractivity contribution < 1.29 is 18.3 Å². The first-order chi connectivity index (χ1) is 9.51. The molecule has 0 aromatic heterocycles. The maximum Gasteiger partial charge on any atom is 0.194 e. The van der Waals surface area contributed by atoms with Crippen LogP contribution in [0.5, 0.6) is 0 Å². The summed E-state index contributed by atoms with van der Waals surface area (Å²) in [5.74, 6) is -3.37. The van der Waals surface area contributed by atoms with Gasteiger partial charge in [0.05, 0.1) is 0 Å². The lowest BCUT2D eigenvalue weighted by Gasteiger charge is -2.30. The predicted molar refractivity (Wildman–Crippen MR) is 70.7 cm³/mol. The molecule has 1 fully saturated rings. The molecule has 0 radical (unpaired) electrons. The second-order valence-corrected chi connectivity index (χ2v) is 5.59. The van der Waals surface area contributed by atoms with Crippen molar-refractivity contribution >= 4 is 0 Å². The fourth-order valence-corrected chi connectivity index (χ4v) is 2.79. The minimum atomic E-state index is -1.43. The first kappa shape index (κ1) is 15.3. The highest BCUT2D eigenvalue weighted by atomic mass is 19.2. The number of hydrogen-bond donors (Lipinski definition) is 2. The average Bonchev–Trinajstić information content (AvgIpc) is 2.45. The Balaban J connectivity index is 1.97. The summed E-state index contributed by atoms with van der Waals surface area (Å²) in [7, 11) is 0. The molecule has 0 amide bonds. The fourth-order valence-electron chi connectivity index (χ4n) is 2.79. The molecule has 1 aromatic rings. The third kappa shape index (κ3) is 3.52. The van der Waals surface area contributed by atoms with E-state index in [1.165, 1.54) is 0 Å². The smallest absolute Gasteiger partial charge is 0.194 e. The Morgan fingerprint density at radius 2 is 1.70 bits per heavy atom. The summed E-state index contributed by atoms with van der Waals surface area (Å²) in [5.41, 5.74) is 0.408. The Morgan fingerprint density at radius 3 is 2.20 bits per heavy atom. The molecule has 1 saturated carbocycles. The Bertz CT molecular complexity index is 435. The zero-order valence-corrected chi connectivity index (χ0v) is 11.5. The largest absolute Gasteiger partial charge is 0.396 e. The lowest BCUT2D eigenvalue weighted by Crippen LogP contribution is -2.35. The van der Waals surface area contributed by atoms with E-state index in [-0.39, 0.29) is 18.7 Å². The van der Waals surface area contributed by atoms with Crippen molar-refractivity contribution in [1.29, 1.82) is 0 Å². The maximum atomic E-state index is 13.2. The van der Waals surface area contributed by atoms with Gasteiger partial charge in [-0.2, -0.15) is 0 Å². The van der Waals surface area contributed by atoms with Crippen molar-refractivity contribution in [3.8, 4) is 0 Å². The van der Waals surface area contributed by atoms with Crippen molar-refractivity contribution in [2.45, 2.75) is 44.7 Å². The van der Waals surface area contributed by atoms with Gasteiger partial charge < -0.3 is 10.4 Å². The zero-order valence-electron chi connectivity index (χ0n) is 11.5. The fraction of sp³-hybridized carbons (Fsp3) is 0.600. The van der Waals surface area contributed by atoms with Crippen LogP contribution in [0.3, 0.4) is 0 Å². The quantitative estimate of drug-likeness (QED) is 0.833. The highest BCUT2D eigenvalue weighted by Gasteiger charge is 2.22. The van der Waals surface area contributed by atoms with E-state index in [2.05, 4.69) is 5.32 Å². The van der Waals surface area contributed by atoms with E-state index in [1.54, 1.807) is 0 Å². The van der Waals surface area contributed by atoms with Crippen molar-refractivity contribution in [2.75, 3.05) is 6.61 Å². The maximum absolute atomic E-state index is 13.2. The van der Waals surface area contributed by atoms with Gasteiger partial charge in [-0.1, -0.05) is 0 Å². The molecule has 0 saturated heterocycles. The molecule has 2 N–H and O–H groups in total. The van der Waals surface area contributed by atoms with Gasteiger partial charge in [0.2, 0.25) is 0 Å². The van der Waals surface area contributed by atoms with Crippen LogP contribution in [0.25, 0.3) is 0 Å². The highest BCUT2D eigenvalue weighted by Crippen LogP contribution is 2.26. The van der Waals surface area contributed by atoms with E-state index in [9.17, 15) is 13.2 Å². The third-order valence-electron chi connectivity index (χ3n) is 4.10. The zero-order chi connectivity index (χ0) is 14.7.